The topological polar surface area (TPSA) is 101 Å². The van der Waals surface area contributed by atoms with Crippen LogP contribution in [0.1, 0.15) is 25.3 Å². The first-order chi connectivity index (χ1) is 12.4. The maximum atomic E-state index is 10.1. The number of fused-ring (bicyclic) bond motifs is 1. The number of hydrogen-bond donors (Lipinski definition) is 1. The highest BCUT2D eigenvalue weighted by Crippen LogP contribution is 2.60. The predicted octanol–water partition coefficient (Wildman–Crippen LogP) is 2.82. The summed E-state index contributed by atoms with van der Waals surface area (Å²) in [5.41, 5.74) is 6.23. The van der Waals surface area contributed by atoms with Gasteiger partial charge in [0.25, 0.3) is 0 Å². The van der Waals surface area contributed by atoms with E-state index in [-0.39, 0.29) is 17.3 Å². The number of likely N-dealkylation sites (N-methyl/N-ethyl adjacent to an activating group) is 1. The maximum Gasteiger partial charge on any atom is 0.191 e. The van der Waals surface area contributed by atoms with Gasteiger partial charge in [-0.15, -0.1) is 0 Å². The fraction of sp³-hybridized carbons (Fsp3) is 0.381. The zero-order valence-electron chi connectivity index (χ0n) is 15.2. The van der Waals surface area contributed by atoms with Crippen molar-refractivity contribution in [2.24, 2.45) is 16.6 Å². The molecule has 130 valence electrons. The van der Waals surface area contributed by atoms with Crippen molar-refractivity contribution in [1.82, 2.24) is 4.90 Å². The minimum absolute atomic E-state index is 0.0688. The summed E-state index contributed by atoms with van der Waals surface area (Å²) in [5, 5.41) is 29.9. The van der Waals surface area contributed by atoms with E-state index < -0.39 is 16.7 Å². The average molecular weight is 343 g/mol. The number of nitrogens with two attached hydrogens (primary N) is 1. The average Bonchev–Trinajstić information content (AvgIpc) is 2.64. The van der Waals surface area contributed by atoms with Crippen molar-refractivity contribution in [2.75, 3.05) is 13.6 Å². The molecule has 0 bridgehead atoms. The Morgan fingerprint density at radius 1 is 1.15 bits per heavy atom. The summed E-state index contributed by atoms with van der Waals surface area (Å²) in [7, 11) is 2.01. The third-order valence-electron chi connectivity index (χ3n) is 5.93. The predicted molar refractivity (Wildman–Crippen MR) is 98.0 cm³/mol. The van der Waals surface area contributed by atoms with E-state index in [0.717, 1.165) is 11.1 Å². The zero-order valence-corrected chi connectivity index (χ0v) is 15.2. The smallest absolute Gasteiger partial charge is 0.191 e. The molecule has 1 aliphatic heterocycles. The number of rotatable bonds is 1. The van der Waals surface area contributed by atoms with Crippen LogP contribution in [-0.4, -0.2) is 24.5 Å². The second-order valence-corrected chi connectivity index (χ2v) is 7.43. The Bertz CT molecular complexity index is 908. The third-order valence-corrected chi connectivity index (χ3v) is 5.93. The van der Waals surface area contributed by atoms with Gasteiger partial charge in [0.1, 0.15) is 6.07 Å². The molecule has 0 aromatic heterocycles. The number of allylic oxidation sites excluding steroid dienone is 2. The molecule has 1 aromatic carbocycles. The van der Waals surface area contributed by atoms with Crippen molar-refractivity contribution >= 4 is 0 Å². The van der Waals surface area contributed by atoms with Crippen LogP contribution in [0.15, 0.2) is 53.3 Å². The minimum Gasteiger partial charge on any atom is -0.399 e. The molecule has 0 amide bonds. The molecule has 0 saturated heterocycles. The van der Waals surface area contributed by atoms with Gasteiger partial charge in [-0.3, -0.25) is 4.90 Å². The van der Waals surface area contributed by atoms with Crippen molar-refractivity contribution in [1.29, 1.82) is 15.8 Å². The van der Waals surface area contributed by atoms with E-state index in [1.54, 1.807) is 0 Å². The van der Waals surface area contributed by atoms with Gasteiger partial charge in [0.05, 0.1) is 23.4 Å². The van der Waals surface area contributed by atoms with Crippen LogP contribution in [0.25, 0.3) is 0 Å². The van der Waals surface area contributed by atoms with Crippen LogP contribution >= 0.6 is 0 Å². The zero-order chi connectivity index (χ0) is 19.1. The summed E-state index contributed by atoms with van der Waals surface area (Å²) >= 11 is 0. The Kier molecular flexibility index (Phi) is 4.11. The summed E-state index contributed by atoms with van der Waals surface area (Å²) in [6, 6.07) is 16.2. The van der Waals surface area contributed by atoms with Crippen molar-refractivity contribution in [2.45, 2.75) is 25.8 Å². The summed E-state index contributed by atoms with van der Waals surface area (Å²) in [6.07, 6.45) is 2.05. The second-order valence-electron chi connectivity index (χ2n) is 7.43. The van der Waals surface area contributed by atoms with Gasteiger partial charge < -0.3 is 5.73 Å². The standard InChI is InChI=1S/C21H21N5/c1-14-9-17-16(10-22)19(25)21(11-23,12-24)18(15-7-5-4-6-8-15)20(17,2)13-26(14)3/h4-9,14,18H,13,25H2,1-3H3/t14-,18+,20+/m0/s1. The van der Waals surface area contributed by atoms with E-state index in [1.807, 2.05) is 50.4 Å². The van der Waals surface area contributed by atoms with E-state index >= 15 is 0 Å². The highest BCUT2D eigenvalue weighted by atomic mass is 15.1. The molecule has 0 spiro atoms. The molecule has 26 heavy (non-hydrogen) atoms. The Labute approximate surface area is 154 Å². The highest BCUT2D eigenvalue weighted by molar-refractivity contribution is 5.61. The van der Waals surface area contributed by atoms with Crippen molar-refractivity contribution in [3.05, 3.63) is 58.8 Å². The molecule has 1 aromatic rings. The van der Waals surface area contributed by atoms with Gasteiger partial charge in [0.15, 0.2) is 5.41 Å². The van der Waals surface area contributed by atoms with Gasteiger partial charge in [0, 0.05) is 23.9 Å². The van der Waals surface area contributed by atoms with Gasteiger partial charge in [-0.2, -0.15) is 15.8 Å². The molecule has 1 heterocycles. The summed E-state index contributed by atoms with van der Waals surface area (Å²) < 4.78 is 0. The molecular weight excluding hydrogens is 322 g/mol. The maximum absolute atomic E-state index is 10.1. The molecule has 0 fully saturated rings. The Balaban J connectivity index is 2.44. The fourth-order valence-electron chi connectivity index (χ4n) is 4.56. The number of nitrogens with zero attached hydrogens (tertiary/aromatic N) is 4. The van der Waals surface area contributed by atoms with E-state index in [0.29, 0.717) is 6.54 Å². The normalized spacial score (nSPS) is 30.4. The first-order valence-corrected chi connectivity index (χ1v) is 8.56. The van der Waals surface area contributed by atoms with Crippen LogP contribution in [0.4, 0.5) is 0 Å². The molecule has 1 aliphatic carbocycles. The van der Waals surface area contributed by atoms with Crippen molar-refractivity contribution < 1.29 is 0 Å². The molecule has 5 heteroatoms. The Hall–Kier alpha value is -3.07. The summed E-state index contributed by atoms with van der Waals surface area (Å²) in [5.74, 6) is -0.468. The van der Waals surface area contributed by atoms with Gasteiger partial charge >= 0.3 is 0 Å². The van der Waals surface area contributed by atoms with Crippen LogP contribution in [0.2, 0.25) is 0 Å². The van der Waals surface area contributed by atoms with Gasteiger partial charge in [-0.05, 0) is 25.1 Å². The molecule has 2 N–H and O–H groups in total. The number of hydrogen-bond acceptors (Lipinski definition) is 5. The lowest BCUT2D eigenvalue weighted by Gasteiger charge is -2.53. The molecule has 0 saturated carbocycles. The fourth-order valence-corrected chi connectivity index (χ4v) is 4.56. The third kappa shape index (κ3) is 2.17. The molecular formula is C21H21N5. The molecule has 5 nitrogen and oxygen atoms in total. The monoisotopic (exact) mass is 343 g/mol. The first kappa shape index (κ1) is 17.7. The van der Waals surface area contributed by atoms with Gasteiger partial charge in [-0.1, -0.05) is 43.3 Å². The SMILES string of the molecule is C[C@H]1C=C2C(C#N)=C(N)C(C#N)(C#N)[C@H](c3ccccc3)[C@]2(C)CN1C. The molecule has 3 atom stereocenters. The van der Waals surface area contributed by atoms with Crippen LogP contribution in [-0.2, 0) is 0 Å². The van der Waals surface area contributed by atoms with Gasteiger partial charge in [0.2, 0.25) is 0 Å². The summed E-state index contributed by atoms with van der Waals surface area (Å²) in [4.78, 5) is 2.18. The van der Waals surface area contributed by atoms with E-state index in [9.17, 15) is 15.8 Å². The Morgan fingerprint density at radius 3 is 2.31 bits per heavy atom. The quantitative estimate of drug-likeness (QED) is 0.845. The molecule has 2 aliphatic rings. The summed E-state index contributed by atoms with van der Waals surface area (Å²) in [6.45, 7) is 4.72. The van der Waals surface area contributed by atoms with Crippen LogP contribution in [0, 0.1) is 44.8 Å². The van der Waals surface area contributed by atoms with E-state index in [1.165, 1.54) is 0 Å². The number of nitriles is 3. The number of benzene rings is 1. The van der Waals surface area contributed by atoms with Crippen molar-refractivity contribution in [3.8, 4) is 18.2 Å². The second kappa shape index (κ2) is 6.03. The van der Waals surface area contributed by atoms with Crippen LogP contribution in [0.3, 0.4) is 0 Å². The Morgan fingerprint density at radius 2 is 1.77 bits per heavy atom. The van der Waals surface area contributed by atoms with Crippen LogP contribution in [0.5, 0.6) is 0 Å². The van der Waals surface area contributed by atoms with E-state index in [4.69, 9.17) is 5.73 Å². The minimum atomic E-state index is -1.58. The molecule has 0 radical (unpaired) electrons. The molecule has 0 unspecified atom stereocenters. The lowest BCUT2D eigenvalue weighted by molar-refractivity contribution is 0.124. The lowest BCUT2D eigenvalue weighted by atomic mass is 9.51. The van der Waals surface area contributed by atoms with E-state index in [2.05, 4.69) is 30.0 Å². The van der Waals surface area contributed by atoms with Crippen molar-refractivity contribution in [3.63, 3.8) is 0 Å². The lowest BCUT2D eigenvalue weighted by Crippen LogP contribution is -2.54. The van der Waals surface area contributed by atoms with Gasteiger partial charge in [-0.25, -0.2) is 0 Å². The largest absolute Gasteiger partial charge is 0.399 e. The highest BCUT2D eigenvalue weighted by Gasteiger charge is 2.60. The molecule has 3 rings (SSSR count). The first-order valence-electron chi connectivity index (χ1n) is 8.56. The van der Waals surface area contributed by atoms with Crippen LogP contribution < -0.4 is 5.73 Å².